The van der Waals surface area contributed by atoms with Gasteiger partial charge < -0.3 is 15.7 Å². The van der Waals surface area contributed by atoms with Crippen LogP contribution in [0.15, 0.2) is 66.9 Å². The summed E-state index contributed by atoms with van der Waals surface area (Å²) in [6.07, 6.45) is -3.10. The molecule has 3 N–H and O–H groups in total. The molecule has 29 heavy (non-hydrogen) atoms. The Balaban J connectivity index is 1.80. The summed E-state index contributed by atoms with van der Waals surface area (Å²) in [5, 5.41) is 14.4. The molecule has 0 bridgehead atoms. The number of hydrogen-bond donors (Lipinski definition) is 3. The number of amides is 1. The Hall–Kier alpha value is -3.88. The van der Waals surface area contributed by atoms with Gasteiger partial charge in [-0.15, -0.1) is 0 Å². The van der Waals surface area contributed by atoms with Crippen molar-refractivity contribution in [1.82, 2.24) is 4.98 Å². The topological polar surface area (TPSA) is 91.3 Å². The van der Waals surface area contributed by atoms with Crippen LogP contribution < -0.4 is 10.6 Å². The van der Waals surface area contributed by atoms with Crippen molar-refractivity contribution in [1.29, 1.82) is 0 Å². The summed E-state index contributed by atoms with van der Waals surface area (Å²) >= 11 is 0. The number of carboxylic acid groups (broad SMARTS) is 1. The van der Waals surface area contributed by atoms with Crippen molar-refractivity contribution in [2.75, 3.05) is 10.6 Å². The molecular formula is C20H14F3N3O3. The third-order valence-corrected chi connectivity index (χ3v) is 3.87. The highest BCUT2D eigenvalue weighted by Gasteiger charge is 2.30. The van der Waals surface area contributed by atoms with Gasteiger partial charge in [0.25, 0.3) is 5.91 Å². The summed E-state index contributed by atoms with van der Waals surface area (Å²) in [6.45, 7) is 0. The minimum atomic E-state index is -4.52. The fourth-order valence-corrected chi connectivity index (χ4v) is 2.53. The highest BCUT2D eigenvalue weighted by Crippen LogP contribution is 2.30. The van der Waals surface area contributed by atoms with Gasteiger partial charge in [-0.25, -0.2) is 9.78 Å². The summed E-state index contributed by atoms with van der Waals surface area (Å²) in [6, 6.07) is 13.2. The lowest BCUT2D eigenvalue weighted by Crippen LogP contribution is -2.13. The molecule has 0 spiro atoms. The number of halogens is 3. The molecule has 0 fully saturated rings. The number of rotatable bonds is 5. The molecule has 1 amide bonds. The average Bonchev–Trinajstić information content (AvgIpc) is 2.68. The highest BCUT2D eigenvalue weighted by molar-refractivity contribution is 6.05. The van der Waals surface area contributed by atoms with Gasteiger partial charge in [0, 0.05) is 23.1 Å². The van der Waals surface area contributed by atoms with Crippen molar-refractivity contribution in [3.63, 3.8) is 0 Å². The van der Waals surface area contributed by atoms with E-state index in [-0.39, 0.29) is 22.6 Å². The second-order valence-corrected chi connectivity index (χ2v) is 5.94. The monoisotopic (exact) mass is 401 g/mol. The zero-order valence-corrected chi connectivity index (χ0v) is 14.7. The number of carboxylic acids is 1. The van der Waals surface area contributed by atoms with E-state index in [1.54, 1.807) is 12.1 Å². The van der Waals surface area contributed by atoms with Gasteiger partial charge in [-0.1, -0.05) is 12.1 Å². The molecule has 3 aromatic rings. The third-order valence-electron chi connectivity index (χ3n) is 3.87. The summed E-state index contributed by atoms with van der Waals surface area (Å²) in [4.78, 5) is 27.7. The van der Waals surface area contributed by atoms with E-state index in [1.165, 1.54) is 42.6 Å². The van der Waals surface area contributed by atoms with E-state index in [2.05, 4.69) is 15.6 Å². The van der Waals surface area contributed by atoms with Crippen molar-refractivity contribution in [2.24, 2.45) is 0 Å². The van der Waals surface area contributed by atoms with Crippen LogP contribution in [-0.4, -0.2) is 22.0 Å². The van der Waals surface area contributed by atoms with Crippen LogP contribution in [0, 0.1) is 0 Å². The van der Waals surface area contributed by atoms with Crippen LogP contribution in [0.5, 0.6) is 0 Å². The molecule has 2 aromatic carbocycles. The lowest BCUT2D eigenvalue weighted by molar-refractivity contribution is -0.137. The Morgan fingerprint density at radius 2 is 1.66 bits per heavy atom. The molecule has 3 rings (SSSR count). The first-order valence-corrected chi connectivity index (χ1v) is 8.28. The highest BCUT2D eigenvalue weighted by atomic mass is 19.4. The maximum Gasteiger partial charge on any atom is 0.416 e. The Kier molecular flexibility index (Phi) is 5.49. The van der Waals surface area contributed by atoms with Crippen LogP contribution in [-0.2, 0) is 6.18 Å². The SMILES string of the molecule is O=C(Nc1cccc(C(F)(F)F)c1)c1cccc(Nc2ncccc2C(=O)O)c1. The zero-order chi connectivity index (χ0) is 21.0. The number of aromatic carboxylic acids is 1. The third kappa shape index (κ3) is 4.89. The molecule has 6 nitrogen and oxygen atoms in total. The standard InChI is InChI=1S/C20H14F3N3O3/c21-20(22,23)13-5-2-7-15(11-13)26-18(27)12-4-1-6-14(10-12)25-17-16(19(28)29)8-3-9-24-17/h1-11H,(H,24,25)(H,26,27)(H,28,29). The number of nitrogens with zero attached hydrogens (tertiary/aromatic N) is 1. The molecule has 148 valence electrons. The predicted molar refractivity (Wildman–Crippen MR) is 100 cm³/mol. The Morgan fingerprint density at radius 3 is 2.38 bits per heavy atom. The van der Waals surface area contributed by atoms with Crippen LogP contribution in [0.4, 0.5) is 30.4 Å². The molecule has 0 aliphatic carbocycles. The molecule has 0 aliphatic rings. The Morgan fingerprint density at radius 1 is 0.931 bits per heavy atom. The van der Waals surface area contributed by atoms with Gasteiger partial charge in [0.05, 0.1) is 5.56 Å². The predicted octanol–water partition coefficient (Wildman–Crippen LogP) is 4.79. The first-order chi connectivity index (χ1) is 13.7. The average molecular weight is 401 g/mol. The van der Waals surface area contributed by atoms with Gasteiger partial charge in [0.1, 0.15) is 11.4 Å². The molecular weight excluding hydrogens is 387 g/mol. The van der Waals surface area contributed by atoms with Crippen molar-refractivity contribution in [2.45, 2.75) is 6.18 Å². The zero-order valence-electron chi connectivity index (χ0n) is 14.7. The number of anilines is 3. The number of alkyl halides is 3. The van der Waals surface area contributed by atoms with E-state index >= 15 is 0 Å². The van der Waals surface area contributed by atoms with Gasteiger partial charge >= 0.3 is 12.1 Å². The minimum Gasteiger partial charge on any atom is -0.478 e. The molecule has 1 aromatic heterocycles. The van der Waals surface area contributed by atoms with Gasteiger partial charge in [-0.2, -0.15) is 13.2 Å². The number of benzene rings is 2. The van der Waals surface area contributed by atoms with Gasteiger partial charge in [0.15, 0.2) is 0 Å². The normalized spacial score (nSPS) is 11.0. The first kappa shape index (κ1) is 19.9. The summed E-state index contributed by atoms with van der Waals surface area (Å²) in [5.74, 6) is -1.69. The van der Waals surface area contributed by atoms with Crippen LogP contribution in [0.25, 0.3) is 0 Å². The Labute approximate surface area is 163 Å². The molecule has 0 radical (unpaired) electrons. The summed E-state index contributed by atoms with van der Waals surface area (Å²) in [5.41, 5.74) is -0.363. The van der Waals surface area contributed by atoms with Crippen molar-refractivity contribution in [3.8, 4) is 0 Å². The van der Waals surface area contributed by atoms with E-state index in [0.717, 1.165) is 12.1 Å². The summed E-state index contributed by atoms with van der Waals surface area (Å²) < 4.78 is 38.4. The largest absolute Gasteiger partial charge is 0.478 e. The second-order valence-electron chi connectivity index (χ2n) is 5.94. The van der Waals surface area contributed by atoms with Crippen LogP contribution in [0.1, 0.15) is 26.3 Å². The number of hydrogen-bond acceptors (Lipinski definition) is 4. The fraction of sp³-hybridized carbons (Fsp3) is 0.0500. The minimum absolute atomic E-state index is 0.000997. The van der Waals surface area contributed by atoms with E-state index in [4.69, 9.17) is 0 Å². The van der Waals surface area contributed by atoms with E-state index in [1.807, 2.05) is 0 Å². The van der Waals surface area contributed by atoms with Crippen molar-refractivity contribution >= 4 is 29.1 Å². The van der Waals surface area contributed by atoms with Gasteiger partial charge in [0.2, 0.25) is 0 Å². The molecule has 0 aliphatic heterocycles. The molecule has 1 heterocycles. The quantitative estimate of drug-likeness (QED) is 0.572. The molecule has 0 unspecified atom stereocenters. The van der Waals surface area contributed by atoms with Crippen molar-refractivity contribution in [3.05, 3.63) is 83.6 Å². The van der Waals surface area contributed by atoms with E-state index in [9.17, 15) is 27.9 Å². The number of aromatic nitrogens is 1. The molecule has 0 atom stereocenters. The lowest BCUT2D eigenvalue weighted by Gasteiger charge is -2.11. The first-order valence-electron chi connectivity index (χ1n) is 8.28. The smallest absolute Gasteiger partial charge is 0.416 e. The maximum absolute atomic E-state index is 12.8. The molecule has 0 saturated heterocycles. The van der Waals surface area contributed by atoms with Crippen LogP contribution in [0.3, 0.4) is 0 Å². The number of carbonyl (C=O) groups excluding carboxylic acids is 1. The maximum atomic E-state index is 12.8. The van der Waals surface area contributed by atoms with Gasteiger partial charge in [-0.05, 0) is 48.5 Å². The summed E-state index contributed by atoms with van der Waals surface area (Å²) in [7, 11) is 0. The van der Waals surface area contributed by atoms with Crippen molar-refractivity contribution < 1.29 is 27.9 Å². The fourth-order valence-electron chi connectivity index (χ4n) is 2.53. The number of carbonyl (C=O) groups is 2. The Bertz CT molecular complexity index is 1070. The number of pyridine rings is 1. The van der Waals surface area contributed by atoms with Gasteiger partial charge in [-0.3, -0.25) is 4.79 Å². The number of nitrogens with one attached hydrogen (secondary N) is 2. The molecule has 9 heteroatoms. The van der Waals surface area contributed by atoms with Crippen LogP contribution in [0.2, 0.25) is 0 Å². The van der Waals surface area contributed by atoms with E-state index < -0.39 is 23.6 Å². The van der Waals surface area contributed by atoms with E-state index in [0.29, 0.717) is 5.69 Å². The second kappa shape index (κ2) is 8.01. The van der Waals surface area contributed by atoms with Crippen LogP contribution >= 0.6 is 0 Å². The molecule has 0 saturated carbocycles. The lowest BCUT2D eigenvalue weighted by atomic mass is 10.1.